The van der Waals surface area contributed by atoms with E-state index in [9.17, 15) is 31.5 Å². The summed E-state index contributed by atoms with van der Waals surface area (Å²) in [5, 5.41) is 3.92. The largest absolute Gasteiger partial charge is 0.365 e. The van der Waals surface area contributed by atoms with Crippen LogP contribution in [0.1, 0.15) is 54.2 Å². The van der Waals surface area contributed by atoms with Crippen LogP contribution in [0.15, 0.2) is 18.2 Å². The number of nitrogens with two attached hydrogens (primary N) is 1. The van der Waals surface area contributed by atoms with Gasteiger partial charge in [0, 0.05) is 31.4 Å². The number of amides is 2. The third-order valence-electron chi connectivity index (χ3n) is 6.45. The maximum atomic E-state index is 14.0. The summed E-state index contributed by atoms with van der Waals surface area (Å²) in [5.41, 5.74) is 5.57. The SMILES string of the molecule is NC(=O)c1c(-c2ccc(F)c(Cl)c2)nn2c1CN(C(=O)CC1CCC(F)(F)CC1)C[C@H]2C(F)F. The molecule has 2 aliphatic rings. The van der Waals surface area contributed by atoms with Crippen molar-refractivity contribution in [2.45, 2.75) is 57.0 Å². The highest BCUT2D eigenvalue weighted by Crippen LogP contribution is 2.39. The molecule has 1 fully saturated rings. The Bertz CT molecular complexity index is 1110. The number of primary amides is 1. The monoisotopic (exact) mass is 504 g/mol. The van der Waals surface area contributed by atoms with Crippen molar-refractivity contribution in [3.63, 3.8) is 0 Å². The number of aromatic nitrogens is 2. The van der Waals surface area contributed by atoms with Crippen LogP contribution in [-0.4, -0.2) is 45.4 Å². The standard InChI is InChI=1S/C22H22ClF5N4O2/c23-13-8-12(1-2-14(13)24)19-18(21(29)34)15-9-31(10-16(20(25)26)32(15)30-19)17(33)7-11-3-5-22(27,28)6-4-11/h1-2,8,11,16,20H,3-7,9-10H2,(H2,29,34)/t16-/m0/s1. The van der Waals surface area contributed by atoms with E-state index in [0.29, 0.717) is 0 Å². The second kappa shape index (κ2) is 9.16. The first-order valence-corrected chi connectivity index (χ1v) is 11.1. The van der Waals surface area contributed by atoms with E-state index in [1.54, 1.807) is 0 Å². The van der Waals surface area contributed by atoms with Gasteiger partial charge in [-0.25, -0.2) is 22.0 Å². The lowest BCUT2D eigenvalue weighted by Gasteiger charge is -2.35. The van der Waals surface area contributed by atoms with Crippen LogP contribution in [0.25, 0.3) is 11.3 Å². The van der Waals surface area contributed by atoms with E-state index in [2.05, 4.69) is 5.10 Å². The molecular formula is C22H22ClF5N4O2. The Morgan fingerprint density at radius 3 is 2.50 bits per heavy atom. The summed E-state index contributed by atoms with van der Waals surface area (Å²) in [6, 6.07) is 2.00. The smallest absolute Gasteiger partial charge is 0.262 e. The molecule has 1 atom stereocenters. The number of hydrogen-bond donors (Lipinski definition) is 1. The predicted molar refractivity (Wildman–Crippen MR) is 113 cm³/mol. The van der Waals surface area contributed by atoms with Gasteiger partial charge in [0.05, 0.1) is 22.8 Å². The highest BCUT2D eigenvalue weighted by molar-refractivity contribution is 6.31. The van der Waals surface area contributed by atoms with Crippen LogP contribution in [0.5, 0.6) is 0 Å². The zero-order valence-corrected chi connectivity index (χ0v) is 18.7. The van der Waals surface area contributed by atoms with Gasteiger partial charge in [0.15, 0.2) is 0 Å². The predicted octanol–water partition coefficient (Wildman–Crippen LogP) is 4.81. The van der Waals surface area contributed by atoms with Gasteiger partial charge in [-0.15, -0.1) is 0 Å². The molecular weight excluding hydrogens is 483 g/mol. The van der Waals surface area contributed by atoms with Gasteiger partial charge in [-0.05, 0) is 37.0 Å². The summed E-state index contributed by atoms with van der Waals surface area (Å²) >= 11 is 5.83. The minimum absolute atomic E-state index is 0.0306. The van der Waals surface area contributed by atoms with Crippen LogP contribution in [0.4, 0.5) is 22.0 Å². The summed E-state index contributed by atoms with van der Waals surface area (Å²) in [6.07, 6.45) is -3.25. The van der Waals surface area contributed by atoms with Crippen LogP contribution in [0.2, 0.25) is 5.02 Å². The Labute approximate surface area is 196 Å². The number of carbonyl (C=O) groups is 2. The molecule has 0 saturated heterocycles. The topological polar surface area (TPSA) is 81.2 Å². The second-order valence-corrected chi connectivity index (χ2v) is 9.19. The van der Waals surface area contributed by atoms with E-state index < -0.39 is 36.0 Å². The van der Waals surface area contributed by atoms with Gasteiger partial charge in [-0.1, -0.05) is 11.6 Å². The third-order valence-corrected chi connectivity index (χ3v) is 6.74. The molecule has 1 aromatic carbocycles. The van der Waals surface area contributed by atoms with Crippen molar-refractivity contribution in [3.05, 3.63) is 40.3 Å². The fourth-order valence-electron chi connectivity index (χ4n) is 4.60. The lowest BCUT2D eigenvalue weighted by Crippen LogP contribution is -2.44. The first kappa shape index (κ1) is 24.4. The van der Waals surface area contributed by atoms with Crippen molar-refractivity contribution in [2.24, 2.45) is 11.7 Å². The van der Waals surface area contributed by atoms with Crippen molar-refractivity contribution in [2.75, 3.05) is 6.54 Å². The molecule has 2 amide bonds. The van der Waals surface area contributed by atoms with Gasteiger partial charge in [-0.3, -0.25) is 14.3 Å². The lowest BCUT2D eigenvalue weighted by atomic mass is 9.84. The zero-order chi connectivity index (χ0) is 24.8. The Hall–Kier alpha value is -2.69. The van der Waals surface area contributed by atoms with Gasteiger partial charge in [0.25, 0.3) is 12.3 Å². The van der Waals surface area contributed by atoms with Crippen molar-refractivity contribution < 1.29 is 31.5 Å². The fourth-order valence-corrected chi connectivity index (χ4v) is 4.79. The Kier molecular flexibility index (Phi) is 6.58. The molecule has 0 unspecified atom stereocenters. The zero-order valence-electron chi connectivity index (χ0n) is 17.9. The molecule has 1 aromatic heterocycles. The first-order chi connectivity index (χ1) is 16.0. The van der Waals surface area contributed by atoms with E-state index in [0.717, 1.165) is 10.7 Å². The molecule has 0 radical (unpaired) electrons. The summed E-state index contributed by atoms with van der Waals surface area (Å²) < 4.78 is 69.4. The van der Waals surface area contributed by atoms with E-state index in [1.165, 1.54) is 17.0 Å². The van der Waals surface area contributed by atoms with Crippen LogP contribution < -0.4 is 5.73 Å². The van der Waals surface area contributed by atoms with E-state index in [1.807, 2.05) is 0 Å². The summed E-state index contributed by atoms with van der Waals surface area (Å²) in [4.78, 5) is 26.4. The highest BCUT2D eigenvalue weighted by atomic mass is 35.5. The molecule has 0 bridgehead atoms. The summed E-state index contributed by atoms with van der Waals surface area (Å²) in [6.45, 7) is -0.568. The molecule has 34 heavy (non-hydrogen) atoms. The van der Waals surface area contributed by atoms with Gasteiger partial charge in [0.1, 0.15) is 17.6 Å². The molecule has 6 nitrogen and oxygen atoms in total. The molecule has 4 rings (SSSR count). The third kappa shape index (κ3) is 4.75. The average Bonchev–Trinajstić information content (AvgIpc) is 3.16. The van der Waals surface area contributed by atoms with Crippen LogP contribution in [-0.2, 0) is 11.3 Å². The van der Waals surface area contributed by atoms with E-state index in [4.69, 9.17) is 17.3 Å². The Morgan fingerprint density at radius 1 is 1.24 bits per heavy atom. The minimum atomic E-state index is -2.92. The Balaban J connectivity index is 1.66. The molecule has 2 N–H and O–H groups in total. The normalized spacial score (nSPS) is 20.4. The number of rotatable bonds is 5. The molecule has 184 valence electrons. The highest BCUT2D eigenvalue weighted by Gasteiger charge is 2.40. The number of halogens is 6. The number of benzene rings is 1. The van der Waals surface area contributed by atoms with Crippen molar-refractivity contribution in [1.82, 2.24) is 14.7 Å². The van der Waals surface area contributed by atoms with Gasteiger partial charge in [-0.2, -0.15) is 5.10 Å². The number of fused-ring (bicyclic) bond motifs is 1. The first-order valence-electron chi connectivity index (χ1n) is 10.8. The lowest BCUT2D eigenvalue weighted by molar-refractivity contribution is -0.136. The fraction of sp³-hybridized carbons (Fsp3) is 0.500. The average molecular weight is 505 g/mol. The molecule has 1 aliphatic carbocycles. The molecule has 2 heterocycles. The van der Waals surface area contributed by atoms with Crippen molar-refractivity contribution >= 4 is 23.4 Å². The maximum Gasteiger partial charge on any atom is 0.262 e. The molecule has 0 spiro atoms. The summed E-state index contributed by atoms with van der Waals surface area (Å²) in [7, 11) is 0. The summed E-state index contributed by atoms with van der Waals surface area (Å²) in [5.74, 6) is -5.13. The van der Waals surface area contributed by atoms with Crippen LogP contribution >= 0.6 is 11.6 Å². The number of hydrogen-bond acceptors (Lipinski definition) is 3. The minimum Gasteiger partial charge on any atom is -0.365 e. The van der Waals surface area contributed by atoms with Crippen molar-refractivity contribution in [1.29, 1.82) is 0 Å². The Morgan fingerprint density at radius 2 is 1.91 bits per heavy atom. The second-order valence-electron chi connectivity index (χ2n) is 8.79. The quantitative estimate of drug-likeness (QED) is 0.594. The number of carbonyl (C=O) groups excluding carboxylic acids is 2. The number of alkyl halides is 4. The van der Waals surface area contributed by atoms with Gasteiger partial charge in [0.2, 0.25) is 11.8 Å². The van der Waals surface area contributed by atoms with Crippen LogP contribution in [0, 0.1) is 11.7 Å². The van der Waals surface area contributed by atoms with E-state index >= 15 is 0 Å². The molecule has 1 saturated carbocycles. The van der Waals surface area contributed by atoms with Gasteiger partial charge < -0.3 is 10.6 Å². The molecule has 1 aliphatic heterocycles. The molecule has 2 aromatic rings. The van der Waals surface area contributed by atoms with Crippen LogP contribution in [0.3, 0.4) is 0 Å². The van der Waals surface area contributed by atoms with Gasteiger partial charge >= 0.3 is 0 Å². The van der Waals surface area contributed by atoms with Crippen molar-refractivity contribution in [3.8, 4) is 11.3 Å². The van der Waals surface area contributed by atoms with E-state index in [-0.39, 0.29) is 78.6 Å². The number of nitrogens with zero attached hydrogens (tertiary/aromatic N) is 3. The molecule has 12 heteroatoms. The maximum absolute atomic E-state index is 14.0.